The van der Waals surface area contributed by atoms with Gasteiger partial charge in [-0.25, -0.2) is 0 Å². The summed E-state index contributed by atoms with van der Waals surface area (Å²) in [7, 11) is 0. The predicted molar refractivity (Wildman–Crippen MR) is 97.0 cm³/mol. The third kappa shape index (κ3) is 6.18. The quantitative estimate of drug-likeness (QED) is 0.497. The molecule has 0 N–H and O–H groups in total. The van der Waals surface area contributed by atoms with Gasteiger partial charge in [0.2, 0.25) is 0 Å². The van der Waals surface area contributed by atoms with Gasteiger partial charge in [-0.1, -0.05) is 65.0 Å². The van der Waals surface area contributed by atoms with Crippen LogP contribution in [0, 0.1) is 5.92 Å². The number of benzene rings is 1. The molecule has 0 radical (unpaired) electrons. The summed E-state index contributed by atoms with van der Waals surface area (Å²) in [5, 5.41) is 0. The van der Waals surface area contributed by atoms with E-state index < -0.39 is 0 Å². The normalized spacial score (nSPS) is 18.6. The number of hydrogen-bond donors (Lipinski definition) is 0. The molecule has 0 spiro atoms. The van der Waals surface area contributed by atoms with Crippen LogP contribution >= 0.6 is 0 Å². The molecule has 0 saturated heterocycles. The van der Waals surface area contributed by atoms with Gasteiger partial charge in [0.05, 0.1) is 6.61 Å². The Bertz CT molecular complexity index is 420. The van der Waals surface area contributed by atoms with E-state index in [4.69, 9.17) is 9.47 Å². The van der Waals surface area contributed by atoms with Crippen molar-refractivity contribution < 1.29 is 9.47 Å². The lowest BCUT2D eigenvalue weighted by molar-refractivity contribution is -0.0856. The second kappa shape index (κ2) is 9.97. The standard InChI is InChI=1S/C21H34O2/c1-4-17(3)19-11-13-20(14-12-19)23-21(5-2)22-16-15-18-9-7-6-8-10-18/h11-14,17-18,21H,4-10,15-16H2,1-3H3. The molecule has 0 aliphatic heterocycles. The summed E-state index contributed by atoms with van der Waals surface area (Å²) < 4.78 is 12.0. The van der Waals surface area contributed by atoms with Crippen LogP contribution in [0.15, 0.2) is 24.3 Å². The Hall–Kier alpha value is -1.02. The van der Waals surface area contributed by atoms with Gasteiger partial charge in [-0.3, -0.25) is 0 Å². The lowest BCUT2D eigenvalue weighted by Gasteiger charge is -2.23. The molecule has 23 heavy (non-hydrogen) atoms. The van der Waals surface area contributed by atoms with Crippen LogP contribution in [0.1, 0.15) is 83.6 Å². The summed E-state index contributed by atoms with van der Waals surface area (Å²) in [5.74, 6) is 2.40. The van der Waals surface area contributed by atoms with Gasteiger partial charge in [-0.2, -0.15) is 0 Å². The van der Waals surface area contributed by atoms with Crippen LogP contribution < -0.4 is 4.74 Å². The number of ether oxygens (including phenoxy) is 2. The molecule has 0 aromatic heterocycles. The summed E-state index contributed by atoms with van der Waals surface area (Å²) in [6.07, 6.45) is 10.1. The minimum Gasteiger partial charge on any atom is -0.465 e. The Morgan fingerprint density at radius 1 is 1.00 bits per heavy atom. The average molecular weight is 319 g/mol. The predicted octanol–water partition coefficient (Wildman–Crippen LogP) is 6.30. The second-order valence-electron chi connectivity index (χ2n) is 7.00. The van der Waals surface area contributed by atoms with Gasteiger partial charge in [0.15, 0.2) is 6.29 Å². The molecule has 1 fully saturated rings. The zero-order chi connectivity index (χ0) is 16.5. The molecule has 2 heteroatoms. The third-order valence-electron chi connectivity index (χ3n) is 5.22. The molecule has 1 saturated carbocycles. The SMILES string of the molecule is CCC(OCCC1CCCCC1)Oc1ccc(C(C)CC)cc1. The Balaban J connectivity index is 1.74. The van der Waals surface area contributed by atoms with E-state index in [1.165, 1.54) is 50.5 Å². The van der Waals surface area contributed by atoms with Crippen molar-refractivity contribution in [2.24, 2.45) is 5.92 Å². The van der Waals surface area contributed by atoms with Gasteiger partial charge in [-0.15, -0.1) is 0 Å². The van der Waals surface area contributed by atoms with E-state index in [2.05, 4.69) is 45.0 Å². The topological polar surface area (TPSA) is 18.5 Å². The van der Waals surface area contributed by atoms with Crippen molar-refractivity contribution in [2.75, 3.05) is 6.61 Å². The molecular weight excluding hydrogens is 284 g/mol. The first kappa shape index (κ1) is 18.3. The highest BCUT2D eigenvalue weighted by Gasteiger charge is 2.15. The van der Waals surface area contributed by atoms with Crippen molar-refractivity contribution in [3.8, 4) is 5.75 Å². The number of hydrogen-bond acceptors (Lipinski definition) is 2. The molecule has 1 aromatic carbocycles. The Morgan fingerprint density at radius 2 is 1.70 bits per heavy atom. The fourth-order valence-electron chi connectivity index (χ4n) is 3.34. The van der Waals surface area contributed by atoms with Crippen molar-refractivity contribution in [1.82, 2.24) is 0 Å². The van der Waals surface area contributed by atoms with Crippen LogP contribution in [0.2, 0.25) is 0 Å². The lowest BCUT2D eigenvalue weighted by atomic mass is 9.87. The van der Waals surface area contributed by atoms with E-state index in [0.29, 0.717) is 5.92 Å². The van der Waals surface area contributed by atoms with Crippen molar-refractivity contribution in [3.63, 3.8) is 0 Å². The third-order valence-corrected chi connectivity index (χ3v) is 5.22. The summed E-state index contributed by atoms with van der Waals surface area (Å²) >= 11 is 0. The van der Waals surface area contributed by atoms with Crippen molar-refractivity contribution in [3.05, 3.63) is 29.8 Å². The van der Waals surface area contributed by atoms with Gasteiger partial charge in [0, 0.05) is 6.42 Å². The highest BCUT2D eigenvalue weighted by molar-refractivity contribution is 5.29. The average Bonchev–Trinajstić information content (AvgIpc) is 2.61. The first-order valence-electron chi connectivity index (χ1n) is 9.61. The molecular formula is C21H34O2. The fraction of sp³-hybridized carbons (Fsp3) is 0.714. The Kier molecular flexibility index (Phi) is 7.94. The molecule has 2 nitrogen and oxygen atoms in total. The van der Waals surface area contributed by atoms with E-state index in [-0.39, 0.29) is 6.29 Å². The molecule has 1 aliphatic rings. The molecule has 2 unspecified atom stereocenters. The van der Waals surface area contributed by atoms with E-state index in [1.54, 1.807) is 0 Å². The van der Waals surface area contributed by atoms with Crippen molar-refractivity contribution in [2.45, 2.75) is 84.3 Å². The second-order valence-corrected chi connectivity index (χ2v) is 7.00. The largest absolute Gasteiger partial charge is 0.465 e. The summed E-state index contributed by atoms with van der Waals surface area (Å²) in [4.78, 5) is 0. The van der Waals surface area contributed by atoms with E-state index >= 15 is 0 Å². The molecule has 2 rings (SSSR count). The number of rotatable bonds is 9. The maximum Gasteiger partial charge on any atom is 0.199 e. The van der Waals surface area contributed by atoms with Crippen LogP contribution in [-0.4, -0.2) is 12.9 Å². The maximum atomic E-state index is 6.00. The van der Waals surface area contributed by atoms with Crippen LogP contribution in [0.25, 0.3) is 0 Å². The van der Waals surface area contributed by atoms with Crippen LogP contribution in [0.4, 0.5) is 0 Å². The van der Waals surface area contributed by atoms with Gasteiger partial charge in [-0.05, 0) is 42.4 Å². The van der Waals surface area contributed by atoms with Crippen LogP contribution in [0.5, 0.6) is 5.75 Å². The summed E-state index contributed by atoms with van der Waals surface area (Å²) in [5.41, 5.74) is 1.38. The van der Waals surface area contributed by atoms with Gasteiger partial charge in [0.25, 0.3) is 0 Å². The molecule has 0 heterocycles. The minimum atomic E-state index is -0.118. The fourth-order valence-corrected chi connectivity index (χ4v) is 3.34. The molecule has 1 aromatic rings. The zero-order valence-electron chi connectivity index (χ0n) is 15.2. The molecule has 1 aliphatic carbocycles. The molecule has 0 amide bonds. The van der Waals surface area contributed by atoms with Crippen LogP contribution in [-0.2, 0) is 4.74 Å². The minimum absolute atomic E-state index is 0.118. The van der Waals surface area contributed by atoms with Crippen molar-refractivity contribution in [1.29, 1.82) is 0 Å². The smallest absolute Gasteiger partial charge is 0.199 e. The van der Waals surface area contributed by atoms with Gasteiger partial charge in [0.1, 0.15) is 5.75 Å². The lowest BCUT2D eigenvalue weighted by Crippen LogP contribution is -2.21. The Labute approximate surface area is 142 Å². The zero-order valence-corrected chi connectivity index (χ0v) is 15.2. The summed E-state index contributed by atoms with van der Waals surface area (Å²) in [6.45, 7) is 7.44. The van der Waals surface area contributed by atoms with Crippen molar-refractivity contribution >= 4 is 0 Å². The molecule has 130 valence electrons. The Morgan fingerprint density at radius 3 is 2.30 bits per heavy atom. The molecule has 0 bridgehead atoms. The van der Waals surface area contributed by atoms with E-state index in [9.17, 15) is 0 Å². The van der Waals surface area contributed by atoms with Gasteiger partial charge >= 0.3 is 0 Å². The summed E-state index contributed by atoms with van der Waals surface area (Å²) in [6, 6.07) is 8.51. The molecule has 2 atom stereocenters. The maximum absolute atomic E-state index is 6.00. The van der Waals surface area contributed by atoms with E-state index in [0.717, 1.165) is 24.7 Å². The monoisotopic (exact) mass is 318 g/mol. The highest BCUT2D eigenvalue weighted by Crippen LogP contribution is 2.27. The van der Waals surface area contributed by atoms with Crippen LogP contribution in [0.3, 0.4) is 0 Å². The highest BCUT2D eigenvalue weighted by atomic mass is 16.7. The van der Waals surface area contributed by atoms with Gasteiger partial charge < -0.3 is 9.47 Å². The first-order chi connectivity index (χ1) is 11.2. The van der Waals surface area contributed by atoms with E-state index in [1.807, 2.05) is 0 Å². The first-order valence-corrected chi connectivity index (χ1v) is 9.61.